The number of hydrogen-bond donors (Lipinski definition) is 0. The SMILES string of the molecule is COc1ccccc1CC1CN(C(=O)OC(C)(C)C)C1. The van der Waals surface area contributed by atoms with Crippen molar-refractivity contribution in [2.24, 2.45) is 5.92 Å². The van der Waals surface area contributed by atoms with E-state index in [4.69, 9.17) is 9.47 Å². The van der Waals surface area contributed by atoms with Gasteiger partial charge in [0.1, 0.15) is 11.4 Å². The summed E-state index contributed by atoms with van der Waals surface area (Å²) in [6.45, 7) is 7.17. The molecule has 0 atom stereocenters. The molecule has 0 radical (unpaired) electrons. The first-order valence-corrected chi connectivity index (χ1v) is 6.99. The molecule has 4 nitrogen and oxygen atoms in total. The number of benzene rings is 1. The highest BCUT2D eigenvalue weighted by Gasteiger charge is 2.33. The van der Waals surface area contributed by atoms with E-state index in [1.807, 2.05) is 39.0 Å². The number of para-hydroxylation sites is 1. The van der Waals surface area contributed by atoms with Crippen LogP contribution in [0.1, 0.15) is 26.3 Å². The Hall–Kier alpha value is -1.71. The number of hydrogen-bond acceptors (Lipinski definition) is 3. The van der Waals surface area contributed by atoms with Gasteiger partial charge >= 0.3 is 6.09 Å². The van der Waals surface area contributed by atoms with Gasteiger partial charge in [-0.25, -0.2) is 4.79 Å². The van der Waals surface area contributed by atoms with Gasteiger partial charge in [-0.2, -0.15) is 0 Å². The van der Waals surface area contributed by atoms with Crippen molar-refractivity contribution in [3.05, 3.63) is 29.8 Å². The molecular formula is C16H23NO3. The molecule has 0 saturated carbocycles. The number of carbonyl (C=O) groups is 1. The predicted molar refractivity (Wildman–Crippen MR) is 78.0 cm³/mol. The van der Waals surface area contributed by atoms with Crippen LogP contribution in [0.2, 0.25) is 0 Å². The summed E-state index contributed by atoms with van der Waals surface area (Å²) in [5, 5.41) is 0. The monoisotopic (exact) mass is 277 g/mol. The number of ether oxygens (including phenoxy) is 2. The largest absolute Gasteiger partial charge is 0.496 e. The molecule has 0 aromatic heterocycles. The van der Waals surface area contributed by atoms with E-state index in [9.17, 15) is 4.79 Å². The fourth-order valence-electron chi connectivity index (χ4n) is 2.36. The second-order valence-electron chi connectivity index (χ2n) is 6.27. The number of rotatable bonds is 3. The third-order valence-corrected chi connectivity index (χ3v) is 3.31. The molecule has 0 bridgehead atoms. The van der Waals surface area contributed by atoms with Crippen LogP contribution in [-0.4, -0.2) is 36.8 Å². The molecular weight excluding hydrogens is 254 g/mol. The Morgan fingerprint density at radius 2 is 1.95 bits per heavy atom. The van der Waals surface area contributed by atoms with Crippen molar-refractivity contribution in [3.63, 3.8) is 0 Å². The lowest BCUT2D eigenvalue weighted by atomic mass is 9.92. The van der Waals surface area contributed by atoms with Crippen molar-refractivity contribution in [1.29, 1.82) is 0 Å². The fraction of sp³-hybridized carbons (Fsp3) is 0.562. The molecule has 0 N–H and O–H groups in total. The van der Waals surface area contributed by atoms with E-state index < -0.39 is 5.60 Å². The maximum atomic E-state index is 11.8. The number of carbonyl (C=O) groups excluding carboxylic acids is 1. The third-order valence-electron chi connectivity index (χ3n) is 3.31. The molecule has 1 fully saturated rings. The van der Waals surface area contributed by atoms with E-state index >= 15 is 0 Å². The van der Waals surface area contributed by atoms with E-state index in [1.54, 1.807) is 12.0 Å². The summed E-state index contributed by atoms with van der Waals surface area (Å²) in [6.07, 6.45) is 0.720. The summed E-state index contributed by atoms with van der Waals surface area (Å²) in [7, 11) is 1.69. The van der Waals surface area contributed by atoms with Gasteiger partial charge in [0, 0.05) is 13.1 Å². The maximum absolute atomic E-state index is 11.8. The minimum Gasteiger partial charge on any atom is -0.496 e. The second-order valence-corrected chi connectivity index (χ2v) is 6.27. The first kappa shape index (κ1) is 14.7. The predicted octanol–water partition coefficient (Wildman–Crippen LogP) is 3.10. The summed E-state index contributed by atoms with van der Waals surface area (Å²) in [4.78, 5) is 13.6. The average molecular weight is 277 g/mol. The minimum atomic E-state index is -0.426. The Balaban J connectivity index is 1.84. The Morgan fingerprint density at radius 3 is 2.55 bits per heavy atom. The second kappa shape index (κ2) is 5.73. The van der Waals surface area contributed by atoms with Gasteiger partial charge < -0.3 is 14.4 Å². The van der Waals surface area contributed by atoms with Gasteiger partial charge in [-0.05, 0) is 44.7 Å². The van der Waals surface area contributed by atoms with Gasteiger partial charge in [0.15, 0.2) is 0 Å². The van der Waals surface area contributed by atoms with Crippen LogP contribution in [0, 0.1) is 5.92 Å². The lowest BCUT2D eigenvalue weighted by molar-refractivity contribution is -0.000925. The van der Waals surface area contributed by atoms with Crippen molar-refractivity contribution in [2.45, 2.75) is 32.8 Å². The number of likely N-dealkylation sites (tertiary alicyclic amines) is 1. The molecule has 1 amide bonds. The molecule has 2 rings (SSSR count). The first-order valence-electron chi connectivity index (χ1n) is 6.99. The first-order chi connectivity index (χ1) is 9.39. The minimum absolute atomic E-state index is 0.214. The smallest absolute Gasteiger partial charge is 0.410 e. The lowest BCUT2D eigenvalue weighted by Gasteiger charge is -2.40. The van der Waals surface area contributed by atoms with Gasteiger partial charge in [0.2, 0.25) is 0 Å². The summed E-state index contributed by atoms with van der Waals surface area (Å²) >= 11 is 0. The Bertz CT molecular complexity index is 473. The summed E-state index contributed by atoms with van der Waals surface area (Å²) in [5.74, 6) is 1.40. The molecule has 1 aromatic rings. The summed E-state index contributed by atoms with van der Waals surface area (Å²) < 4.78 is 10.7. The van der Waals surface area contributed by atoms with Crippen molar-refractivity contribution in [3.8, 4) is 5.75 Å². The highest BCUT2D eigenvalue weighted by molar-refractivity contribution is 5.69. The molecule has 20 heavy (non-hydrogen) atoms. The van der Waals surface area contributed by atoms with Crippen LogP contribution in [0.5, 0.6) is 5.75 Å². The fourth-order valence-corrected chi connectivity index (χ4v) is 2.36. The molecule has 1 aliphatic rings. The van der Waals surface area contributed by atoms with Gasteiger partial charge in [-0.3, -0.25) is 0 Å². The van der Waals surface area contributed by atoms with E-state index in [0.29, 0.717) is 5.92 Å². The molecule has 1 aromatic carbocycles. The normalized spacial score (nSPS) is 15.7. The lowest BCUT2D eigenvalue weighted by Crippen LogP contribution is -2.52. The van der Waals surface area contributed by atoms with Crippen LogP contribution in [0.15, 0.2) is 24.3 Å². The Labute approximate surface area is 120 Å². The van der Waals surface area contributed by atoms with Crippen LogP contribution >= 0.6 is 0 Å². The molecule has 0 unspecified atom stereocenters. The van der Waals surface area contributed by atoms with Gasteiger partial charge in [0.05, 0.1) is 7.11 Å². The summed E-state index contributed by atoms with van der Waals surface area (Å²) in [6, 6.07) is 8.03. The Morgan fingerprint density at radius 1 is 1.30 bits per heavy atom. The molecule has 0 spiro atoms. The number of methoxy groups -OCH3 is 1. The highest BCUT2D eigenvalue weighted by atomic mass is 16.6. The molecule has 1 heterocycles. The van der Waals surface area contributed by atoms with Crippen LogP contribution in [0.4, 0.5) is 4.79 Å². The van der Waals surface area contributed by atoms with E-state index in [0.717, 1.165) is 25.3 Å². The van der Waals surface area contributed by atoms with Crippen LogP contribution in [0.25, 0.3) is 0 Å². The zero-order chi connectivity index (χ0) is 14.8. The highest BCUT2D eigenvalue weighted by Crippen LogP contribution is 2.27. The van der Waals surface area contributed by atoms with E-state index in [1.165, 1.54) is 5.56 Å². The van der Waals surface area contributed by atoms with Gasteiger partial charge in [-0.1, -0.05) is 18.2 Å². The molecule has 1 aliphatic heterocycles. The quantitative estimate of drug-likeness (QED) is 0.852. The molecule has 1 saturated heterocycles. The maximum Gasteiger partial charge on any atom is 0.410 e. The summed E-state index contributed by atoms with van der Waals surface area (Å²) in [5.41, 5.74) is 0.772. The van der Waals surface area contributed by atoms with Crippen LogP contribution < -0.4 is 4.74 Å². The molecule has 4 heteroatoms. The van der Waals surface area contributed by atoms with E-state index in [2.05, 4.69) is 6.07 Å². The zero-order valence-corrected chi connectivity index (χ0v) is 12.7. The number of amides is 1. The molecule has 0 aliphatic carbocycles. The van der Waals surface area contributed by atoms with Crippen molar-refractivity contribution < 1.29 is 14.3 Å². The third kappa shape index (κ3) is 3.65. The van der Waals surface area contributed by atoms with Crippen molar-refractivity contribution >= 4 is 6.09 Å². The topological polar surface area (TPSA) is 38.8 Å². The van der Waals surface area contributed by atoms with E-state index in [-0.39, 0.29) is 6.09 Å². The molecule has 110 valence electrons. The zero-order valence-electron chi connectivity index (χ0n) is 12.7. The van der Waals surface area contributed by atoms with Crippen LogP contribution in [0.3, 0.4) is 0 Å². The van der Waals surface area contributed by atoms with Crippen LogP contribution in [-0.2, 0) is 11.2 Å². The Kier molecular flexibility index (Phi) is 4.21. The number of nitrogens with zero attached hydrogens (tertiary/aromatic N) is 1. The van der Waals surface area contributed by atoms with Crippen molar-refractivity contribution in [1.82, 2.24) is 4.90 Å². The van der Waals surface area contributed by atoms with Crippen molar-refractivity contribution in [2.75, 3.05) is 20.2 Å². The standard InChI is InChI=1S/C16H23NO3/c1-16(2,3)20-15(18)17-10-12(11-17)9-13-7-5-6-8-14(13)19-4/h5-8,12H,9-11H2,1-4H3. The van der Waals surface area contributed by atoms with Gasteiger partial charge in [-0.15, -0.1) is 0 Å². The van der Waals surface area contributed by atoms with Gasteiger partial charge in [0.25, 0.3) is 0 Å². The average Bonchev–Trinajstić information content (AvgIpc) is 2.31.